The molecule has 0 heterocycles. The summed E-state index contributed by atoms with van der Waals surface area (Å²) in [5.41, 5.74) is 2.52. The monoisotopic (exact) mass is 265 g/mol. The van der Waals surface area contributed by atoms with Crippen molar-refractivity contribution in [1.29, 1.82) is 0 Å². The van der Waals surface area contributed by atoms with E-state index in [2.05, 4.69) is 44.3 Å². The Morgan fingerprint density at radius 2 is 1.89 bits per heavy atom. The van der Waals surface area contributed by atoms with Crippen LogP contribution in [0.5, 0.6) is 5.75 Å². The minimum absolute atomic E-state index is 0.488. The van der Waals surface area contributed by atoms with E-state index in [1.807, 2.05) is 6.92 Å². The fourth-order valence-corrected chi connectivity index (χ4v) is 1.89. The van der Waals surface area contributed by atoms with E-state index in [4.69, 9.17) is 9.47 Å². The van der Waals surface area contributed by atoms with E-state index >= 15 is 0 Å². The maximum Gasteiger partial charge on any atom is 0.123 e. The molecule has 1 aromatic carbocycles. The Bertz CT molecular complexity index is 364. The number of nitrogens with one attached hydrogen (secondary N) is 1. The van der Waals surface area contributed by atoms with Crippen LogP contribution in [0.2, 0.25) is 0 Å². The van der Waals surface area contributed by atoms with Gasteiger partial charge in [0.1, 0.15) is 12.4 Å². The number of aryl methyl sites for hydroxylation is 1. The summed E-state index contributed by atoms with van der Waals surface area (Å²) in [5, 5.41) is 3.30. The predicted octanol–water partition coefficient (Wildman–Crippen LogP) is 3.12. The Balaban J connectivity index is 2.34. The standard InChI is InChI=1S/C16H27NO2/c1-5-18-10-8-17-9-11-19-16-12-14(4)6-7-15(16)13(2)3/h6-7,12-13,17H,5,8-11H2,1-4H3. The van der Waals surface area contributed by atoms with Crippen LogP contribution in [0.25, 0.3) is 0 Å². The Morgan fingerprint density at radius 3 is 2.58 bits per heavy atom. The Kier molecular flexibility index (Phi) is 7.53. The molecule has 1 aromatic rings. The Labute approximate surface area is 117 Å². The summed E-state index contributed by atoms with van der Waals surface area (Å²) in [6.07, 6.45) is 0. The molecule has 0 amide bonds. The van der Waals surface area contributed by atoms with E-state index in [0.29, 0.717) is 12.5 Å². The van der Waals surface area contributed by atoms with Gasteiger partial charge in [0, 0.05) is 19.7 Å². The van der Waals surface area contributed by atoms with Crippen LogP contribution in [0.4, 0.5) is 0 Å². The van der Waals surface area contributed by atoms with Gasteiger partial charge in [-0.25, -0.2) is 0 Å². The fraction of sp³-hybridized carbons (Fsp3) is 0.625. The first-order chi connectivity index (χ1) is 9.15. The van der Waals surface area contributed by atoms with Gasteiger partial charge < -0.3 is 14.8 Å². The number of ether oxygens (including phenoxy) is 2. The molecule has 3 heteroatoms. The van der Waals surface area contributed by atoms with Gasteiger partial charge in [0.05, 0.1) is 6.61 Å². The summed E-state index contributed by atoms with van der Waals surface area (Å²) in [4.78, 5) is 0. The number of benzene rings is 1. The first-order valence-electron chi connectivity index (χ1n) is 7.17. The van der Waals surface area contributed by atoms with Crippen molar-refractivity contribution in [2.75, 3.05) is 32.9 Å². The third-order valence-electron chi connectivity index (χ3n) is 2.95. The molecule has 3 nitrogen and oxygen atoms in total. The largest absolute Gasteiger partial charge is 0.492 e. The van der Waals surface area contributed by atoms with Gasteiger partial charge >= 0.3 is 0 Å². The van der Waals surface area contributed by atoms with Crippen molar-refractivity contribution < 1.29 is 9.47 Å². The third-order valence-corrected chi connectivity index (χ3v) is 2.95. The predicted molar refractivity (Wildman–Crippen MR) is 80.1 cm³/mol. The van der Waals surface area contributed by atoms with Crippen LogP contribution >= 0.6 is 0 Å². The molecule has 0 saturated heterocycles. The highest BCUT2D eigenvalue weighted by Crippen LogP contribution is 2.27. The van der Waals surface area contributed by atoms with Gasteiger partial charge in [0.2, 0.25) is 0 Å². The van der Waals surface area contributed by atoms with Crippen molar-refractivity contribution in [3.63, 3.8) is 0 Å². The minimum Gasteiger partial charge on any atom is -0.492 e. The zero-order chi connectivity index (χ0) is 14.1. The Morgan fingerprint density at radius 1 is 1.16 bits per heavy atom. The molecule has 0 radical (unpaired) electrons. The molecule has 0 spiro atoms. The maximum atomic E-state index is 5.88. The second-order valence-corrected chi connectivity index (χ2v) is 4.99. The zero-order valence-electron chi connectivity index (χ0n) is 12.7. The number of rotatable bonds is 9. The normalized spacial score (nSPS) is 11.0. The summed E-state index contributed by atoms with van der Waals surface area (Å²) in [5.74, 6) is 1.50. The molecular weight excluding hydrogens is 238 g/mol. The lowest BCUT2D eigenvalue weighted by Crippen LogP contribution is -2.25. The van der Waals surface area contributed by atoms with Crippen LogP contribution in [0.1, 0.15) is 37.8 Å². The summed E-state index contributed by atoms with van der Waals surface area (Å²) in [6, 6.07) is 6.43. The summed E-state index contributed by atoms with van der Waals surface area (Å²) >= 11 is 0. The van der Waals surface area contributed by atoms with Gasteiger partial charge in [0.15, 0.2) is 0 Å². The van der Waals surface area contributed by atoms with Crippen LogP contribution in [0, 0.1) is 6.92 Å². The van der Waals surface area contributed by atoms with Crippen molar-refractivity contribution in [2.24, 2.45) is 0 Å². The molecule has 0 aliphatic heterocycles. The van der Waals surface area contributed by atoms with Gasteiger partial charge in [-0.1, -0.05) is 26.0 Å². The summed E-state index contributed by atoms with van der Waals surface area (Å²) in [7, 11) is 0. The molecule has 1 rings (SSSR count). The third kappa shape index (κ3) is 6.08. The second kappa shape index (κ2) is 8.94. The lowest BCUT2D eigenvalue weighted by molar-refractivity contribution is 0.148. The quantitative estimate of drug-likeness (QED) is 0.696. The molecule has 108 valence electrons. The number of hydrogen-bond donors (Lipinski definition) is 1. The molecule has 0 bridgehead atoms. The van der Waals surface area contributed by atoms with Gasteiger partial charge in [-0.05, 0) is 37.0 Å². The first-order valence-corrected chi connectivity index (χ1v) is 7.17. The zero-order valence-corrected chi connectivity index (χ0v) is 12.7. The maximum absolute atomic E-state index is 5.88. The van der Waals surface area contributed by atoms with E-state index in [1.54, 1.807) is 0 Å². The van der Waals surface area contributed by atoms with Crippen molar-refractivity contribution in [1.82, 2.24) is 5.32 Å². The molecule has 0 unspecified atom stereocenters. The lowest BCUT2D eigenvalue weighted by atomic mass is 10.0. The van der Waals surface area contributed by atoms with Crippen LogP contribution in [-0.2, 0) is 4.74 Å². The van der Waals surface area contributed by atoms with Gasteiger partial charge in [0.25, 0.3) is 0 Å². The first kappa shape index (κ1) is 16.0. The molecule has 0 aliphatic carbocycles. The van der Waals surface area contributed by atoms with E-state index in [-0.39, 0.29) is 0 Å². The smallest absolute Gasteiger partial charge is 0.123 e. The van der Waals surface area contributed by atoms with Crippen LogP contribution in [-0.4, -0.2) is 32.9 Å². The van der Waals surface area contributed by atoms with Gasteiger partial charge in [-0.2, -0.15) is 0 Å². The molecule has 0 aliphatic rings. The fourth-order valence-electron chi connectivity index (χ4n) is 1.89. The van der Waals surface area contributed by atoms with Gasteiger partial charge in [-0.15, -0.1) is 0 Å². The topological polar surface area (TPSA) is 30.5 Å². The molecular formula is C16H27NO2. The highest BCUT2D eigenvalue weighted by atomic mass is 16.5. The molecule has 0 saturated carbocycles. The number of hydrogen-bond acceptors (Lipinski definition) is 3. The van der Waals surface area contributed by atoms with E-state index in [9.17, 15) is 0 Å². The van der Waals surface area contributed by atoms with Crippen molar-refractivity contribution in [3.05, 3.63) is 29.3 Å². The molecule has 0 fully saturated rings. The molecule has 1 N–H and O–H groups in total. The van der Waals surface area contributed by atoms with Crippen LogP contribution in [0.3, 0.4) is 0 Å². The van der Waals surface area contributed by atoms with Crippen LogP contribution < -0.4 is 10.1 Å². The van der Waals surface area contributed by atoms with Crippen molar-refractivity contribution >= 4 is 0 Å². The second-order valence-electron chi connectivity index (χ2n) is 4.99. The van der Waals surface area contributed by atoms with Crippen molar-refractivity contribution in [3.8, 4) is 5.75 Å². The summed E-state index contributed by atoms with van der Waals surface area (Å²) in [6.45, 7) is 12.4. The Hall–Kier alpha value is -1.06. The molecule has 0 atom stereocenters. The van der Waals surface area contributed by atoms with Crippen LogP contribution in [0.15, 0.2) is 18.2 Å². The minimum atomic E-state index is 0.488. The van der Waals surface area contributed by atoms with E-state index in [0.717, 1.165) is 32.1 Å². The average molecular weight is 265 g/mol. The van der Waals surface area contributed by atoms with Gasteiger partial charge in [-0.3, -0.25) is 0 Å². The molecule has 0 aromatic heterocycles. The molecule has 19 heavy (non-hydrogen) atoms. The average Bonchev–Trinajstić information content (AvgIpc) is 2.37. The summed E-state index contributed by atoms with van der Waals surface area (Å²) < 4.78 is 11.1. The lowest BCUT2D eigenvalue weighted by Gasteiger charge is -2.15. The highest BCUT2D eigenvalue weighted by Gasteiger charge is 2.07. The highest BCUT2D eigenvalue weighted by molar-refractivity contribution is 5.39. The SMILES string of the molecule is CCOCCNCCOc1cc(C)ccc1C(C)C. The van der Waals surface area contributed by atoms with Crippen molar-refractivity contribution in [2.45, 2.75) is 33.6 Å². The van der Waals surface area contributed by atoms with E-state index < -0.39 is 0 Å². The van der Waals surface area contributed by atoms with E-state index in [1.165, 1.54) is 11.1 Å².